The SMILES string of the molecule is COC(=O)C(O)Cc1occc1C. The highest BCUT2D eigenvalue weighted by molar-refractivity contribution is 5.74. The highest BCUT2D eigenvalue weighted by atomic mass is 16.5. The predicted octanol–water partition coefficient (Wildman–Crippen LogP) is 0.664. The average Bonchev–Trinajstić information content (AvgIpc) is 2.50. The fourth-order valence-electron chi connectivity index (χ4n) is 1.01. The van der Waals surface area contributed by atoms with Crippen LogP contribution in [0.1, 0.15) is 11.3 Å². The van der Waals surface area contributed by atoms with Gasteiger partial charge in [-0.2, -0.15) is 0 Å². The summed E-state index contributed by atoms with van der Waals surface area (Å²) >= 11 is 0. The summed E-state index contributed by atoms with van der Waals surface area (Å²) in [5, 5.41) is 9.28. The van der Waals surface area contributed by atoms with Crippen LogP contribution in [-0.4, -0.2) is 24.3 Å². The Hall–Kier alpha value is -1.29. The molecular formula is C9H12O4. The van der Waals surface area contributed by atoms with Gasteiger partial charge in [0.1, 0.15) is 5.76 Å². The molecule has 13 heavy (non-hydrogen) atoms. The quantitative estimate of drug-likeness (QED) is 0.701. The van der Waals surface area contributed by atoms with E-state index < -0.39 is 12.1 Å². The third kappa shape index (κ3) is 2.32. The Bertz CT molecular complexity index is 290. The molecule has 0 aliphatic carbocycles. The lowest BCUT2D eigenvalue weighted by Gasteiger charge is -2.06. The van der Waals surface area contributed by atoms with Crippen molar-refractivity contribution in [3.63, 3.8) is 0 Å². The first-order valence-corrected chi connectivity index (χ1v) is 3.94. The van der Waals surface area contributed by atoms with E-state index in [4.69, 9.17) is 4.42 Å². The molecule has 4 nitrogen and oxygen atoms in total. The Balaban J connectivity index is 2.59. The van der Waals surface area contributed by atoms with Gasteiger partial charge in [0, 0.05) is 6.42 Å². The van der Waals surface area contributed by atoms with Gasteiger partial charge in [0.15, 0.2) is 6.10 Å². The maximum atomic E-state index is 10.8. The Kier molecular flexibility index (Phi) is 3.08. The van der Waals surface area contributed by atoms with E-state index in [1.54, 1.807) is 6.07 Å². The van der Waals surface area contributed by atoms with Crippen LogP contribution in [0.3, 0.4) is 0 Å². The first kappa shape index (κ1) is 9.80. The van der Waals surface area contributed by atoms with E-state index in [9.17, 15) is 9.90 Å². The van der Waals surface area contributed by atoms with Gasteiger partial charge in [-0.25, -0.2) is 4.79 Å². The first-order chi connectivity index (χ1) is 6.15. The lowest BCUT2D eigenvalue weighted by molar-refractivity contribution is -0.150. The second-order valence-corrected chi connectivity index (χ2v) is 2.77. The van der Waals surface area contributed by atoms with Gasteiger partial charge in [-0.15, -0.1) is 0 Å². The number of methoxy groups -OCH3 is 1. The van der Waals surface area contributed by atoms with Crippen molar-refractivity contribution in [1.82, 2.24) is 0 Å². The zero-order chi connectivity index (χ0) is 9.84. The van der Waals surface area contributed by atoms with E-state index in [2.05, 4.69) is 4.74 Å². The van der Waals surface area contributed by atoms with Gasteiger partial charge in [-0.3, -0.25) is 0 Å². The molecule has 1 aromatic heterocycles. The van der Waals surface area contributed by atoms with Crippen LogP contribution >= 0.6 is 0 Å². The number of esters is 1. The summed E-state index contributed by atoms with van der Waals surface area (Å²) in [5.41, 5.74) is 0.919. The molecule has 1 rings (SSSR count). The fraction of sp³-hybridized carbons (Fsp3) is 0.444. The molecule has 1 atom stereocenters. The standard InChI is InChI=1S/C9H12O4/c1-6-3-4-13-8(6)5-7(10)9(11)12-2/h3-4,7,10H,5H2,1-2H3. The monoisotopic (exact) mass is 184 g/mol. The molecule has 72 valence electrons. The van der Waals surface area contributed by atoms with Crippen LogP contribution in [0.5, 0.6) is 0 Å². The van der Waals surface area contributed by atoms with Crippen LogP contribution in [0.15, 0.2) is 16.7 Å². The summed E-state index contributed by atoms with van der Waals surface area (Å²) in [6.45, 7) is 1.85. The van der Waals surface area contributed by atoms with Gasteiger partial charge >= 0.3 is 5.97 Å². The number of aryl methyl sites for hydroxylation is 1. The largest absolute Gasteiger partial charge is 0.469 e. The van der Waals surface area contributed by atoms with Gasteiger partial charge in [0.25, 0.3) is 0 Å². The van der Waals surface area contributed by atoms with E-state index in [1.165, 1.54) is 13.4 Å². The number of hydrogen-bond acceptors (Lipinski definition) is 4. The van der Waals surface area contributed by atoms with Gasteiger partial charge in [-0.05, 0) is 18.6 Å². The lowest BCUT2D eigenvalue weighted by Crippen LogP contribution is -2.24. The molecule has 1 N–H and O–H groups in total. The van der Waals surface area contributed by atoms with Crippen molar-refractivity contribution < 1.29 is 19.1 Å². The normalized spacial score (nSPS) is 12.5. The van der Waals surface area contributed by atoms with E-state index in [0.717, 1.165) is 5.56 Å². The molecule has 0 aliphatic heterocycles. The van der Waals surface area contributed by atoms with Crippen molar-refractivity contribution in [2.45, 2.75) is 19.4 Å². The van der Waals surface area contributed by atoms with E-state index in [-0.39, 0.29) is 6.42 Å². The number of aliphatic hydroxyl groups is 1. The number of rotatable bonds is 3. The molecule has 0 spiro atoms. The summed E-state index contributed by atoms with van der Waals surface area (Å²) < 4.78 is 9.43. The minimum atomic E-state index is -1.14. The molecule has 4 heteroatoms. The number of aliphatic hydroxyl groups excluding tert-OH is 1. The molecule has 0 radical (unpaired) electrons. The number of hydrogen-bond donors (Lipinski definition) is 1. The van der Waals surface area contributed by atoms with Crippen LogP contribution in [0.4, 0.5) is 0 Å². The molecule has 1 heterocycles. The maximum Gasteiger partial charge on any atom is 0.335 e. The highest BCUT2D eigenvalue weighted by Crippen LogP contribution is 2.11. The summed E-state index contributed by atoms with van der Waals surface area (Å²) in [4.78, 5) is 10.8. The summed E-state index contributed by atoms with van der Waals surface area (Å²) in [7, 11) is 1.24. The van der Waals surface area contributed by atoms with Gasteiger partial charge in [0.2, 0.25) is 0 Å². The van der Waals surface area contributed by atoms with Crippen molar-refractivity contribution in [3.05, 3.63) is 23.7 Å². The maximum absolute atomic E-state index is 10.8. The average molecular weight is 184 g/mol. The molecule has 1 unspecified atom stereocenters. The minimum Gasteiger partial charge on any atom is -0.469 e. The van der Waals surface area contributed by atoms with E-state index in [0.29, 0.717) is 5.76 Å². The fourth-order valence-corrected chi connectivity index (χ4v) is 1.01. The first-order valence-electron chi connectivity index (χ1n) is 3.94. The Morgan fingerprint density at radius 3 is 2.92 bits per heavy atom. The molecular weight excluding hydrogens is 172 g/mol. The van der Waals surface area contributed by atoms with Gasteiger partial charge in [-0.1, -0.05) is 0 Å². The smallest absolute Gasteiger partial charge is 0.335 e. The third-order valence-corrected chi connectivity index (χ3v) is 1.82. The second-order valence-electron chi connectivity index (χ2n) is 2.77. The van der Waals surface area contributed by atoms with Crippen LogP contribution in [-0.2, 0) is 16.0 Å². The zero-order valence-electron chi connectivity index (χ0n) is 7.61. The van der Waals surface area contributed by atoms with Crippen molar-refractivity contribution in [2.24, 2.45) is 0 Å². The summed E-state index contributed by atoms with van der Waals surface area (Å²) in [6, 6.07) is 1.78. The van der Waals surface area contributed by atoms with Gasteiger partial charge in [0.05, 0.1) is 13.4 Å². The van der Waals surface area contributed by atoms with E-state index in [1.807, 2.05) is 6.92 Å². The molecule has 0 saturated carbocycles. The molecule has 1 aromatic rings. The molecule has 0 fully saturated rings. The second kappa shape index (κ2) is 4.09. The van der Waals surface area contributed by atoms with Crippen LogP contribution in [0, 0.1) is 6.92 Å². The number of carbonyl (C=O) groups excluding carboxylic acids is 1. The number of furan rings is 1. The summed E-state index contributed by atoms with van der Waals surface area (Å²) in [5.74, 6) is -0.0336. The molecule has 0 bridgehead atoms. The Labute approximate surface area is 76.1 Å². The number of carbonyl (C=O) groups is 1. The summed E-state index contributed by atoms with van der Waals surface area (Å²) in [6.07, 6.45) is 0.537. The zero-order valence-corrected chi connectivity index (χ0v) is 7.61. The Morgan fingerprint density at radius 2 is 2.46 bits per heavy atom. The van der Waals surface area contributed by atoms with E-state index >= 15 is 0 Å². The predicted molar refractivity (Wildman–Crippen MR) is 45.2 cm³/mol. The lowest BCUT2D eigenvalue weighted by atomic mass is 10.1. The third-order valence-electron chi connectivity index (χ3n) is 1.82. The van der Waals surface area contributed by atoms with Gasteiger partial charge < -0.3 is 14.3 Å². The van der Waals surface area contributed by atoms with Crippen molar-refractivity contribution >= 4 is 5.97 Å². The van der Waals surface area contributed by atoms with Crippen LogP contribution < -0.4 is 0 Å². The van der Waals surface area contributed by atoms with Crippen LogP contribution in [0.25, 0.3) is 0 Å². The molecule has 0 aromatic carbocycles. The number of ether oxygens (including phenoxy) is 1. The van der Waals surface area contributed by atoms with Crippen molar-refractivity contribution in [3.8, 4) is 0 Å². The molecule has 0 saturated heterocycles. The minimum absolute atomic E-state index is 0.158. The topological polar surface area (TPSA) is 59.7 Å². The van der Waals surface area contributed by atoms with Crippen molar-refractivity contribution in [1.29, 1.82) is 0 Å². The Morgan fingerprint density at radius 1 is 1.77 bits per heavy atom. The molecule has 0 aliphatic rings. The van der Waals surface area contributed by atoms with Crippen LogP contribution in [0.2, 0.25) is 0 Å². The van der Waals surface area contributed by atoms with Crippen molar-refractivity contribution in [2.75, 3.05) is 7.11 Å². The molecule has 0 amide bonds. The highest BCUT2D eigenvalue weighted by Gasteiger charge is 2.18.